The third kappa shape index (κ3) is 3.51. The molecule has 22 heavy (non-hydrogen) atoms. The Morgan fingerprint density at radius 3 is 2.09 bits per heavy atom. The Bertz CT molecular complexity index is 471. The molecule has 0 aromatic carbocycles. The predicted molar refractivity (Wildman–Crippen MR) is 78.3 cm³/mol. The van der Waals surface area contributed by atoms with Crippen LogP contribution in [-0.2, 0) is 14.3 Å². The smallest absolute Gasteiger partial charge is 0.410 e. The van der Waals surface area contributed by atoms with Crippen LogP contribution in [0.15, 0.2) is 0 Å². The zero-order valence-electron chi connectivity index (χ0n) is 13.4. The largest absolute Gasteiger partial charge is 0.480 e. The summed E-state index contributed by atoms with van der Waals surface area (Å²) in [5, 5.41) is 9.20. The van der Waals surface area contributed by atoms with E-state index in [1.54, 1.807) is 20.8 Å². The number of aliphatic carboxylic acids is 1. The average Bonchev–Trinajstić information content (AvgIpc) is 3.05. The van der Waals surface area contributed by atoms with Crippen molar-refractivity contribution >= 4 is 18.0 Å². The summed E-state index contributed by atoms with van der Waals surface area (Å²) in [6, 6.07) is -1.37. The number of likely N-dealkylation sites (tertiary alicyclic amines) is 2. The first-order chi connectivity index (χ1) is 10.2. The second-order valence-electron chi connectivity index (χ2n) is 6.86. The number of hydrogen-bond donors (Lipinski definition) is 1. The number of rotatable bonds is 2. The van der Waals surface area contributed by atoms with Gasteiger partial charge in [0.15, 0.2) is 0 Å². The Balaban J connectivity index is 2.08. The van der Waals surface area contributed by atoms with Gasteiger partial charge in [0, 0.05) is 13.1 Å². The minimum Gasteiger partial charge on any atom is -0.480 e. The summed E-state index contributed by atoms with van der Waals surface area (Å²) < 4.78 is 5.34. The number of amides is 2. The second-order valence-corrected chi connectivity index (χ2v) is 6.86. The van der Waals surface area contributed by atoms with Crippen LogP contribution in [0.25, 0.3) is 0 Å². The van der Waals surface area contributed by atoms with E-state index in [9.17, 15) is 19.5 Å². The molecule has 2 aliphatic heterocycles. The van der Waals surface area contributed by atoms with E-state index in [1.807, 2.05) is 0 Å². The Labute approximate surface area is 130 Å². The molecule has 1 N–H and O–H groups in total. The molecular formula is C15H24N2O5. The highest BCUT2D eigenvalue weighted by Gasteiger charge is 2.43. The topological polar surface area (TPSA) is 87.2 Å². The fourth-order valence-corrected chi connectivity index (χ4v) is 3.04. The Morgan fingerprint density at radius 1 is 1.00 bits per heavy atom. The first kappa shape index (κ1) is 16.6. The maximum absolute atomic E-state index is 12.7. The number of carbonyl (C=O) groups excluding carboxylic acids is 2. The SMILES string of the molecule is CC(C)(C)OC(=O)N1CCC[C@H]1C(=O)N1CCC[C@@H]1C(=O)O. The van der Waals surface area contributed by atoms with E-state index < -0.39 is 29.7 Å². The second kappa shape index (κ2) is 6.14. The van der Waals surface area contributed by atoms with Gasteiger partial charge in [0.05, 0.1) is 0 Å². The molecule has 0 aliphatic carbocycles. The molecule has 2 rings (SSSR count). The van der Waals surface area contributed by atoms with Gasteiger partial charge in [0.1, 0.15) is 17.7 Å². The fraction of sp³-hybridized carbons (Fsp3) is 0.800. The van der Waals surface area contributed by atoms with Crippen LogP contribution in [0, 0.1) is 0 Å². The highest BCUT2D eigenvalue weighted by molar-refractivity contribution is 5.90. The van der Waals surface area contributed by atoms with E-state index in [2.05, 4.69) is 0 Å². The van der Waals surface area contributed by atoms with Gasteiger partial charge in [-0.1, -0.05) is 0 Å². The van der Waals surface area contributed by atoms with Crippen molar-refractivity contribution in [1.82, 2.24) is 9.80 Å². The third-order valence-corrected chi connectivity index (χ3v) is 3.99. The van der Waals surface area contributed by atoms with Gasteiger partial charge in [-0.05, 0) is 46.5 Å². The quantitative estimate of drug-likeness (QED) is 0.834. The molecule has 0 bridgehead atoms. The summed E-state index contributed by atoms with van der Waals surface area (Å²) in [6.45, 7) is 6.24. The summed E-state index contributed by atoms with van der Waals surface area (Å²) in [4.78, 5) is 38.9. The first-order valence-electron chi connectivity index (χ1n) is 7.73. The fourth-order valence-electron chi connectivity index (χ4n) is 3.04. The van der Waals surface area contributed by atoms with Crippen LogP contribution in [-0.4, -0.2) is 63.7 Å². The molecule has 0 unspecified atom stereocenters. The maximum Gasteiger partial charge on any atom is 0.410 e. The van der Waals surface area contributed by atoms with Crippen LogP contribution in [0.3, 0.4) is 0 Å². The monoisotopic (exact) mass is 312 g/mol. The summed E-state index contributed by atoms with van der Waals surface area (Å²) in [5.41, 5.74) is -0.621. The molecule has 0 spiro atoms. The summed E-state index contributed by atoms with van der Waals surface area (Å²) in [6.07, 6.45) is 1.93. The van der Waals surface area contributed by atoms with E-state index in [0.29, 0.717) is 32.4 Å². The van der Waals surface area contributed by atoms with Crippen molar-refractivity contribution in [2.24, 2.45) is 0 Å². The lowest BCUT2D eigenvalue weighted by atomic mass is 10.1. The van der Waals surface area contributed by atoms with E-state index in [1.165, 1.54) is 9.80 Å². The van der Waals surface area contributed by atoms with Gasteiger partial charge in [-0.25, -0.2) is 9.59 Å². The number of hydrogen-bond acceptors (Lipinski definition) is 4. The highest BCUT2D eigenvalue weighted by atomic mass is 16.6. The zero-order chi connectivity index (χ0) is 16.5. The van der Waals surface area contributed by atoms with Crippen molar-refractivity contribution in [3.05, 3.63) is 0 Å². The standard InChI is InChI=1S/C15H24N2O5/c1-15(2,3)22-14(21)17-9-4-6-10(17)12(18)16-8-5-7-11(16)13(19)20/h10-11H,4-9H2,1-3H3,(H,19,20)/t10-,11+/m0/s1. The molecule has 2 atom stereocenters. The minimum absolute atomic E-state index is 0.270. The van der Waals surface area contributed by atoms with Crippen LogP contribution >= 0.6 is 0 Å². The van der Waals surface area contributed by atoms with Gasteiger partial charge in [0.25, 0.3) is 0 Å². The van der Waals surface area contributed by atoms with E-state index in [4.69, 9.17) is 4.74 Å². The van der Waals surface area contributed by atoms with Crippen molar-refractivity contribution in [3.63, 3.8) is 0 Å². The number of carbonyl (C=O) groups is 3. The highest BCUT2D eigenvalue weighted by Crippen LogP contribution is 2.26. The third-order valence-electron chi connectivity index (χ3n) is 3.99. The number of nitrogens with zero attached hydrogens (tertiary/aromatic N) is 2. The summed E-state index contributed by atoms with van der Waals surface area (Å²) in [5.74, 6) is -1.25. The molecular weight excluding hydrogens is 288 g/mol. The first-order valence-corrected chi connectivity index (χ1v) is 7.73. The normalized spacial score (nSPS) is 25.4. The van der Waals surface area contributed by atoms with Crippen molar-refractivity contribution in [3.8, 4) is 0 Å². The molecule has 0 saturated carbocycles. The summed E-state index contributed by atoms with van der Waals surface area (Å²) in [7, 11) is 0. The van der Waals surface area contributed by atoms with Crippen LogP contribution < -0.4 is 0 Å². The van der Waals surface area contributed by atoms with E-state index in [-0.39, 0.29) is 5.91 Å². The number of carboxylic acid groups (broad SMARTS) is 1. The Kier molecular flexibility index (Phi) is 4.63. The van der Waals surface area contributed by atoms with Crippen molar-refractivity contribution in [2.75, 3.05) is 13.1 Å². The Morgan fingerprint density at radius 2 is 1.55 bits per heavy atom. The molecule has 2 fully saturated rings. The Hall–Kier alpha value is -1.79. The minimum atomic E-state index is -0.979. The maximum atomic E-state index is 12.7. The average molecular weight is 312 g/mol. The van der Waals surface area contributed by atoms with Gasteiger partial charge in [-0.2, -0.15) is 0 Å². The van der Waals surface area contributed by atoms with Crippen LogP contribution in [0.5, 0.6) is 0 Å². The van der Waals surface area contributed by atoms with Crippen molar-refractivity contribution in [1.29, 1.82) is 0 Å². The van der Waals surface area contributed by atoms with Gasteiger partial charge in [-0.3, -0.25) is 9.69 Å². The van der Waals surface area contributed by atoms with Gasteiger partial charge >= 0.3 is 12.1 Å². The van der Waals surface area contributed by atoms with Crippen LogP contribution in [0.1, 0.15) is 46.5 Å². The molecule has 7 heteroatoms. The predicted octanol–water partition coefficient (Wildman–Crippen LogP) is 1.46. The molecule has 124 valence electrons. The van der Waals surface area contributed by atoms with Crippen LogP contribution in [0.4, 0.5) is 4.79 Å². The summed E-state index contributed by atoms with van der Waals surface area (Å²) >= 11 is 0. The number of carboxylic acids is 1. The van der Waals surface area contributed by atoms with E-state index in [0.717, 1.165) is 6.42 Å². The lowest BCUT2D eigenvalue weighted by Crippen LogP contribution is -2.51. The van der Waals surface area contributed by atoms with Gasteiger partial charge < -0.3 is 14.7 Å². The van der Waals surface area contributed by atoms with Crippen molar-refractivity contribution in [2.45, 2.75) is 64.1 Å². The van der Waals surface area contributed by atoms with Gasteiger partial charge in [-0.15, -0.1) is 0 Å². The molecule has 2 saturated heterocycles. The molecule has 7 nitrogen and oxygen atoms in total. The van der Waals surface area contributed by atoms with Crippen molar-refractivity contribution < 1.29 is 24.2 Å². The van der Waals surface area contributed by atoms with E-state index >= 15 is 0 Å². The molecule has 0 radical (unpaired) electrons. The lowest BCUT2D eigenvalue weighted by molar-refractivity contribution is -0.149. The zero-order valence-corrected chi connectivity index (χ0v) is 13.4. The molecule has 0 aromatic heterocycles. The van der Waals surface area contributed by atoms with Crippen LogP contribution in [0.2, 0.25) is 0 Å². The lowest BCUT2D eigenvalue weighted by Gasteiger charge is -2.31. The molecule has 2 amide bonds. The molecule has 0 aromatic rings. The number of ether oxygens (including phenoxy) is 1. The molecule has 2 aliphatic rings. The van der Waals surface area contributed by atoms with Gasteiger partial charge in [0.2, 0.25) is 5.91 Å². The molecule has 2 heterocycles.